The Morgan fingerprint density at radius 1 is 1.18 bits per heavy atom. The highest BCUT2D eigenvalue weighted by atomic mass is 32.2. The molecule has 1 atom stereocenters. The molecule has 1 amide bonds. The number of benzene rings is 1. The maximum atomic E-state index is 13.6. The van der Waals surface area contributed by atoms with E-state index in [-0.39, 0.29) is 23.2 Å². The van der Waals surface area contributed by atoms with Crippen LogP contribution in [-0.4, -0.2) is 31.4 Å². The molecule has 0 unspecified atom stereocenters. The van der Waals surface area contributed by atoms with Crippen molar-refractivity contribution in [1.82, 2.24) is 19.7 Å². The lowest BCUT2D eigenvalue weighted by Crippen LogP contribution is -2.16. The summed E-state index contributed by atoms with van der Waals surface area (Å²) in [5.41, 5.74) is 0.379. The van der Waals surface area contributed by atoms with Crippen molar-refractivity contribution >= 4 is 23.5 Å². The van der Waals surface area contributed by atoms with Gasteiger partial charge >= 0.3 is 6.18 Å². The number of halogens is 3. The molecular weight excluding hydrogens is 391 g/mol. The molecule has 10 heteroatoms. The van der Waals surface area contributed by atoms with E-state index >= 15 is 0 Å². The molecule has 1 N–H and O–H groups in total. The van der Waals surface area contributed by atoms with Crippen molar-refractivity contribution < 1.29 is 18.0 Å². The first-order chi connectivity index (χ1) is 13.4. The van der Waals surface area contributed by atoms with E-state index in [1.165, 1.54) is 29.2 Å². The van der Waals surface area contributed by atoms with E-state index in [4.69, 9.17) is 0 Å². The Labute approximate surface area is 162 Å². The number of hydrogen-bond donors (Lipinski definition) is 1. The minimum atomic E-state index is -4.51. The van der Waals surface area contributed by atoms with Gasteiger partial charge in [-0.1, -0.05) is 18.2 Å². The molecule has 1 aliphatic heterocycles. The van der Waals surface area contributed by atoms with Gasteiger partial charge in [0.2, 0.25) is 5.91 Å². The molecule has 1 aliphatic rings. The summed E-state index contributed by atoms with van der Waals surface area (Å²) in [5.74, 6) is 0.207. The highest BCUT2D eigenvalue weighted by Crippen LogP contribution is 2.47. The van der Waals surface area contributed by atoms with Gasteiger partial charge in [-0.3, -0.25) is 4.79 Å². The number of hydrogen-bond acceptors (Lipinski definition) is 5. The van der Waals surface area contributed by atoms with E-state index in [9.17, 15) is 18.0 Å². The van der Waals surface area contributed by atoms with Crippen LogP contribution in [0.3, 0.4) is 0 Å². The molecule has 0 spiro atoms. The van der Waals surface area contributed by atoms with Crippen LogP contribution in [0.4, 0.5) is 19.0 Å². The summed E-state index contributed by atoms with van der Waals surface area (Å²) in [6.07, 6.45) is -1.46. The molecule has 0 bridgehead atoms. The largest absolute Gasteiger partial charge is 0.416 e. The van der Waals surface area contributed by atoms with Crippen molar-refractivity contribution in [3.8, 4) is 5.95 Å². The van der Waals surface area contributed by atoms with Crippen LogP contribution in [-0.2, 0) is 11.0 Å². The van der Waals surface area contributed by atoms with Gasteiger partial charge in [-0.05, 0) is 24.6 Å². The Hall–Kier alpha value is -2.88. The molecule has 0 saturated heterocycles. The van der Waals surface area contributed by atoms with Gasteiger partial charge in [0.25, 0.3) is 5.95 Å². The average Bonchev–Trinajstić information content (AvgIpc) is 2.88. The molecular formula is C18H14F3N5OS. The van der Waals surface area contributed by atoms with Crippen molar-refractivity contribution in [2.45, 2.75) is 18.3 Å². The van der Waals surface area contributed by atoms with Gasteiger partial charge in [0.15, 0.2) is 0 Å². The first-order valence-corrected chi connectivity index (χ1v) is 9.35. The van der Waals surface area contributed by atoms with Crippen LogP contribution >= 0.6 is 11.8 Å². The summed E-state index contributed by atoms with van der Waals surface area (Å²) in [5, 5.41) is 6.42. The van der Waals surface area contributed by atoms with E-state index in [1.807, 2.05) is 0 Å². The van der Waals surface area contributed by atoms with Crippen LogP contribution in [0.5, 0.6) is 0 Å². The Bertz CT molecular complexity index is 1040. The Kier molecular flexibility index (Phi) is 4.58. The SMILES string of the molecule is Cc1nn(-c2ncccn2)c2c1[C@H](c1ccccc1C(F)(F)F)SCC(=O)N2. The predicted molar refractivity (Wildman–Crippen MR) is 98.3 cm³/mol. The van der Waals surface area contributed by atoms with Gasteiger partial charge in [0.1, 0.15) is 5.82 Å². The van der Waals surface area contributed by atoms with Crippen LogP contribution in [0, 0.1) is 6.92 Å². The number of aryl methyl sites for hydroxylation is 1. The molecule has 0 saturated carbocycles. The van der Waals surface area contributed by atoms with Crippen LogP contribution < -0.4 is 5.32 Å². The van der Waals surface area contributed by atoms with Crippen LogP contribution in [0.1, 0.15) is 27.6 Å². The topological polar surface area (TPSA) is 72.7 Å². The molecule has 3 heterocycles. The molecule has 6 nitrogen and oxygen atoms in total. The van der Waals surface area contributed by atoms with Crippen molar-refractivity contribution in [2.24, 2.45) is 0 Å². The van der Waals surface area contributed by atoms with Gasteiger partial charge in [-0.2, -0.15) is 23.0 Å². The van der Waals surface area contributed by atoms with E-state index in [0.717, 1.165) is 17.8 Å². The zero-order valence-corrected chi connectivity index (χ0v) is 15.4. The van der Waals surface area contributed by atoms with E-state index in [1.54, 1.807) is 19.1 Å². The zero-order chi connectivity index (χ0) is 19.9. The number of fused-ring (bicyclic) bond motifs is 1. The lowest BCUT2D eigenvalue weighted by Gasteiger charge is -2.20. The van der Waals surface area contributed by atoms with E-state index in [0.29, 0.717) is 17.1 Å². The fraction of sp³-hybridized carbons (Fsp3) is 0.222. The second-order valence-corrected chi connectivity index (χ2v) is 7.23. The number of aromatic nitrogens is 4. The van der Waals surface area contributed by atoms with Gasteiger partial charge in [0, 0.05) is 18.0 Å². The Balaban J connectivity index is 1.93. The van der Waals surface area contributed by atoms with Crippen LogP contribution in [0.25, 0.3) is 5.95 Å². The third-order valence-electron chi connectivity index (χ3n) is 4.30. The molecule has 2 aromatic heterocycles. The molecule has 0 fully saturated rings. The van der Waals surface area contributed by atoms with Crippen molar-refractivity contribution in [3.63, 3.8) is 0 Å². The highest BCUT2D eigenvalue weighted by Gasteiger charge is 2.38. The number of anilines is 1. The highest BCUT2D eigenvalue weighted by molar-refractivity contribution is 8.00. The smallest absolute Gasteiger partial charge is 0.309 e. The molecule has 4 rings (SSSR count). The molecule has 1 aromatic carbocycles. The quantitative estimate of drug-likeness (QED) is 0.703. The number of thioether (sulfide) groups is 1. The van der Waals surface area contributed by atoms with Gasteiger partial charge in [0.05, 0.1) is 22.3 Å². The molecule has 144 valence electrons. The summed E-state index contributed by atoms with van der Waals surface area (Å²) >= 11 is 1.13. The average molecular weight is 405 g/mol. The normalized spacial score (nSPS) is 17.0. The van der Waals surface area contributed by atoms with Gasteiger partial charge in [-0.25, -0.2) is 9.97 Å². The summed E-state index contributed by atoms with van der Waals surface area (Å²) in [6, 6.07) is 7.04. The minimum Gasteiger partial charge on any atom is -0.309 e. The minimum absolute atomic E-state index is 0.0145. The molecule has 3 aromatic rings. The second-order valence-electron chi connectivity index (χ2n) is 6.13. The number of alkyl halides is 3. The number of nitrogens with one attached hydrogen (secondary N) is 1. The Morgan fingerprint density at radius 2 is 1.89 bits per heavy atom. The van der Waals surface area contributed by atoms with E-state index in [2.05, 4.69) is 20.4 Å². The maximum absolute atomic E-state index is 13.6. The van der Waals surface area contributed by atoms with Crippen LogP contribution in [0.15, 0.2) is 42.7 Å². The first kappa shape index (κ1) is 18.5. The summed E-state index contributed by atoms with van der Waals surface area (Å²) in [7, 11) is 0. The monoisotopic (exact) mass is 405 g/mol. The van der Waals surface area contributed by atoms with Crippen molar-refractivity contribution in [3.05, 3.63) is 65.1 Å². The van der Waals surface area contributed by atoms with Gasteiger partial charge < -0.3 is 5.32 Å². The number of carbonyl (C=O) groups is 1. The standard InChI is InChI=1S/C18H14F3N5OS/c1-10-14-15(11-5-2-3-6-12(11)18(19,20)21)28-9-13(27)24-16(14)26(25-10)17-22-7-4-8-23-17/h2-8,15H,9H2,1H3,(H,24,27)/t15-/m0/s1. The summed E-state index contributed by atoms with van der Waals surface area (Å²) < 4.78 is 42.1. The first-order valence-electron chi connectivity index (χ1n) is 8.30. The predicted octanol–water partition coefficient (Wildman–Crippen LogP) is 3.76. The lowest BCUT2D eigenvalue weighted by molar-refractivity contribution is -0.138. The number of rotatable bonds is 2. The van der Waals surface area contributed by atoms with E-state index < -0.39 is 17.0 Å². The Morgan fingerprint density at radius 3 is 2.61 bits per heavy atom. The van der Waals surface area contributed by atoms with Crippen LogP contribution in [0.2, 0.25) is 0 Å². The number of nitrogens with zero attached hydrogens (tertiary/aromatic N) is 4. The number of carbonyl (C=O) groups excluding carboxylic acids is 1. The molecule has 28 heavy (non-hydrogen) atoms. The van der Waals surface area contributed by atoms with Gasteiger partial charge in [-0.15, -0.1) is 11.8 Å². The fourth-order valence-corrected chi connectivity index (χ4v) is 4.38. The lowest BCUT2D eigenvalue weighted by atomic mass is 9.98. The fourth-order valence-electron chi connectivity index (χ4n) is 3.16. The summed E-state index contributed by atoms with van der Waals surface area (Å²) in [4.78, 5) is 20.5. The second kappa shape index (κ2) is 6.93. The number of amides is 1. The van der Waals surface area contributed by atoms with Crippen molar-refractivity contribution in [1.29, 1.82) is 0 Å². The third kappa shape index (κ3) is 3.24. The van der Waals surface area contributed by atoms with Crippen molar-refractivity contribution in [2.75, 3.05) is 11.1 Å². The third-order valence-corrected chi connectivity index (χ3v) is 5.55. The summed E-state index contributed by atoms with van der Waals surface area (Å²) in [6.45, 7) is 1.69. The maximum Gasteiger partial charge on any atom is 0.416 e. The molecule has 0 aliphatic carbocycles. The molecule has 0 radical (unpaired) electrons. The zero-order valence-electron chi connectivity index (χ0n) is 14.6.